The standard InChI is InChI=1S/C29H36FN3O6S/c1-29(2,3)39-28(36)32-23-17-40-25-14-22(30)21(26(34)31-15-18-9-11-38-12-10-18)13-24(25)33(27(23)35)16-19-5-7-20(37-4)8-6-19/h5-8,13-14,18,23H,9-12,15-17H2,1-4H3,(H,31,34)(H,32,36)/t23-/m0/s1. The molecule has 2 aromatic carbocycles. The second kappa shape index (κ2) is 12.9. The molecule has 2 N–H and O–H groups in total. The lowest BCUT2D eigenvalue weighted by atomic mass is 10.0. The number of methoxy groups -OCH3 is 1. The van der Waals surface area contributed by atoms with Crippen LogP contribution < -0.4 is 20.3 Å². The average molecular weight is 574 g/mol. The molecule has 40 heavy (non-hydrogen) atoms. The first kappa shape index (κ1) is 29.7. The second-order valence-electron chi connectivity index (χ2n) is 10.8. The molecule has 0 unspecified atom stereocenters. The zero-order valence-electron chi connectivity index (χ0n) is 23.3. The van der Waals surface area contributed by atoms with Crippen LogP contribution in [0.2, 0.25) is 0 Å². The van der Waals surface area contributed by atoms with E-state index in [9.17, 15) is 14.4 Å². The fraction of sp³-hybridized carbons (Fsp3) is 0.483. The maximum absolute atomic E-state index is 15.3. The van der Waals surface area contributed by atoms with E-state index in [0.717, 1.165) is 18.4 Å². The lowest BCUT2D eigenvalue weighted by Gasteiger charge is -2.27. The van der Waals surface area contributed by atoms with Crippen LogP contribution in [0.25, 0.3) is 0 Å². The fourth-order valence-corrected chi connectivity index (χ4v) is 5.58. The molecule has 2 aliphatic rings. The molecule has 0 bridgehead atoms. The number of benzene rings is 2. The van der Waals surface area contributed by atoms with Crippen LogP contribution in [0.5, 0.6) is 5.75 Å². The summed E-state index contributed by atoms with van der Waals surface area (Å²) in [6.07, 6.45) is 0.945. The van der Waals surface area contributed by atoms with Gasteiger partial charge in [0.2, 0.25) is 0 Å². The van der Waals surface area contributed by atoms with Crippen molar-refractivity contribution in [3.05, 3.63) is 53.3 Å². The number of thioether (sulfide) groups is 1. The van der Waals surface area contributed by atoms with Crippen LogP contribution >= 0.6 is 11.8 Å². The molecular weight excluding hydrogens is 537 g/mol. The van der Waals surface area contributed by atoms with E-state index in [1.807, 2.05) is 12.1 Å². The zero-order valence-corrected chi connectivity index (χ0v) is 24.1. The van der Waals surface area contributed by atoms with Crippen LogP contribution in [0.4, 0.5) is 14.9 Å². The average Bonchev–Trinajstić information content (AvgIpc) is 3.03. The fourth-order valence-electron chi connectivity index (χ4n) is 4.51. The molecule has 11 heteroatoms. The Kier molecular flexibility index (Phi) is 9.57. The van der Waals surface area contributed by atoms with Gasteiger partial charge >= 0.3 is 6.09 Å². The molecule has 1 fully saturated rings. The lowest BCUT2D eigenvalue weighted by molar-refractivity contribution is -0.120. The maximum Gasteiger partial charge on any atom is 0.408 e. The van der Waals surface area contributed by atoms with Gasteiger partial charge in [0.05, 0.1) is 24.9 Å². The molecule has 216 valence electrons. The van der Waals surface area contributed by atoms with Crippen molar-refractivity contribution >= 4 is 35.4 Å². The highest BCUT2D eigenvalue weighted by atomic mass is 32.2. The van der Waals surface area contributed by atoms with Crippen molar-refractivity contribution in [2.45, 2.75) is 56.7 Å². The first-order valence-electron chi connectivity index (χ1n) is 13.3. The summed E-state index contributed by atoms with van der Waals surface area (Å²) in [5, 5.41) is 5.51. The number of hydrogen-bond acceptors (Lipinski definition) is 7. The molecule has 2 aromatic rings. The summed E-state index contributed by atoms with van der Waals surface area (Å²) in [5.74, 6) is -0.513. The van der Waals surface area contributed by atoms with E-state index < -0.39 is 35.4 Å². The molecule has 9 nitrogen and oxygen atoms in total. The summed E-state index contributed by atoms with van der Waals surface area (Å²) >= 11 is 1.23. The normalized spacial score (nSPS) is 18.0. The predicted octanol–water partition coefficient (Wildman–Crippen LogP) is 4.52. The molecule has 0 saturated carbocycles. The number of nitrogens with one attached hydrogen (secondary N) is 2. The van der Waals surface area contributed by atoms with E-state index in [1.54, 1.807) is 40.0 Å². The van der Waals surface area contributed by atoms with Gasteiger partial charge in [-0.25, -0.2) is 9.18 Å². The van der Waals surface area contributed by atoms with Gasteiger partial charge in [-0.05, 0) is 69.4 Å². The Bertz CT molecular complexity index is 1230. The van der Waals surface area contributed by atoms with Crippen molar-refractivity contribution in [1.29, 1.82) is 0 Å². The van der Waals surface area contributed by atoms with Crippen LogP contribution in [0.3, 0.4) is 0 Å². The van der Waals surface area contributed by atoms with Gasteiger partial charge in [-0.1, -0.05) is 12.1 Å². The number of alkyl carbamates (subject to hydrolysis) is 1. The van der Waals surface area contributed by atoms with Crippen LogP contribution in [0.1, 0.15) is 49.5 Å². The van der Waals surface area contributed by atoms with Crippen molar-refractivity contribution in [1.82, 2.24) is 10.6 Å². The Morgan fingerprint density at radius 3 is 2.50 bits per heavy atom. The van der Waals surface area contributed by atoms with E-state index in [4.69, 9.17) is 14.2 Å². The van der Waals surface area contributed by atoms with Crippen LogP contribution in [0, 0.1) is 11.7 Å². The van der Waals surface area contributed by atoms with Gasteiger partial charge < -0.3 is 29.7 Å². The Labute approximate surface area is 238 Å². The third kappa shape index (κ3) is 7.66. The molecule has 2 aliphatic heterocycles. The van der Waals surface area contributed by atoms with E-state index in [0.29, 0.717) is 36.1 Å². The number of halogens is 1. The molecule has 1 saturated heterocycles. The maximum atomic E-state index is 15.3. The zero-order chi connectivity index (χ0) is 28.9. The summed E-state index contributed by atoms with van der Waals surface area (Å²) in [5.41, 5.74) is 0.305. The number of carbonyl (C=O) groups excluding carboxylic acids is 3. The Morgan fingerprint density at radius 1 is 1.15 bits per heavy atom. The molecule has 2 heterocycles. The van der Waals surface area contributed by atoms with E-state index in [1.165, 1.54) is 28.8 Å². The SMILES string of the molecule is COc1ccc(CN2C(=O)[C@@H](NC(=O)OC(C)(C)C)CSc3cc(F)c(C(=O)NCC4CCOCC4)cc32)cc1. The molecular formula is C29H36FN3O6S. The largest absolute Gasteiger partial charge is 0.497 e. The van der Waals surface area contributed by atoms with Gasteiger partial charge in [0.1, 0.15) is 23.2 Å². The quantitative estimate of drug-likeness (QED) is 0.502. The molecule has 3 amide bonds. The number of amides is 3. The highest BCUT2D eigenvalue weighted by Crippen LogP contribution is 2.37. The number of carbonyl (C=O) groups is 3. The van der Waals surface area contributed by atoms with Crippen molar-refractivity contribution in [3.8, 4) is 5.75 Å². The Hall–Kier alpha value is -3.31. The van der Waals surface area contributed by atoms with Crippen molar-refractivity contribution < 1.29 is 33.0 Å². The number of ether oxygens (including phenoxy) is 3. The number of nitrogens with zero attached hydrogens (tertiary/aromatic N) is 1. The summed E-state index contributed by atoms with van der Waals surface area (Å²) in [6.45, 7) is 7.05. The van der Waals surface area contributed by atoms with Crippen LogP contribution in [0.15, 0.2) is 41.3 Å². The summed E-state index contributed by atoms with van der Waals surface area (Å²) < 4.78 is 31.2. The Balaban J connectivity index is 1.63. The van der Waals surface area contributed by atoms with Crippen molar-refractivity contribution in [2.24, 2.45) is 5.92 Å². The molecule has 4 rings (SSSR count). The Morgan fingerprint density at radius 2 is 1.85 bits per heavy atom. The molecule has 0 radical (unpaired) electrons. The first-order chi connectivity index (χ1) is 19.0. The van der Waals surface area contributed by atoms with E-state index in [2.05, 4.69) is 10.6 Å². The van der Waals surface area contributed by atoms with Crippen LogP contribution in [-0.4, -0.2) is 62.2 Å². The van der Waals surface area contributed by atoms with Gasteiger partial charge in [-0.3, -0.25) is 9.59 Å². The summed E-state index contributed by atoms with van der Waals surface area (Å²) in [6, 6.07) is 8.99. The summed E-state index contributed by atoms with van der Waals surface area (Å²) in [7, 11) is 1.57. The highest BCUT2D eigenvalue weighted by molar-refractivity contribution is 7.99. The predicted molar refractivity (Wildman–Crippen MR) is 150 cm³/mol. The number of rotatable bonds is 7. The number of fused-ring (bicyclic) bond motifs is 1. The minimum atomic E-state index is -0.931. The summed E-state index contributed by atoms with van der Waals surface area (Å²) in [4.78, 5) is 41.4. The minimum Gasteiger partial charge on any atom is -0.497 e. The van der Waals surface area contributed by atoms with Gasteiger partial charge in [0.15, 0.2) is 0 Å². The third-order valence-corrected chi connectivity index (χ3v) is 7.77. The molecule has 1 atom stereocenters. The van der Waals surface area contributed by atoms with Crippen molar-refractivity contribution in [2.75, 3.05) is 37.5 Å². The smallest absolute Gasteiger partial charge is 0.408 e. The van der Waals surface area contributed by atoms with Crippen LogP contribution in [-0.2, 0) is 20.8 Å². The number of anilines is 1. The monoisotopic (exact) mass is 573 g/mol. The van der Waals surface area contributed by atoms with E-state index in [-0.39, 0.29) is 23.8 Å². The topological polar surface area (TPSA) is 106 Å². The molecule has 0 spiro atoms. The van der Waals surface area contributed by atoms with Gasteiger partial charge in [-0.2, -0.15) is 0 Å². The molecule has 0 aliphatic carbocycles. The lowest BCUT2D eigenvalue weighted by Crippen LogP contribution is -2.50. The first-order valence-corrected chi connectivity index (χ1v) is 14.3. The van der Waals surface area contributed by atoms with Gasteiger partial charge in [0.25, 0.3) is 11.8 Å². The van der Waals surface area contributed by atoms with Crippen molar-refractivity contribution in [3.63, 3.8) is 0 Å². The van der Waals surface area contributed by atoms with Gasteiger partial charge in [-0.15, -0.1) is 11.8 Å². The molecule has 0 aromatic heterocycles. The highest BCUT2D eigenvalue weighted by Gasteiger charge is 2.34. The second-order valence-corrected chi connectivity index (χ2v) is 11.9. The van der Waals surface area contributed by atoms with Gasteiger partial charge in [0, 0.05) is 30.4 Å². The third-order valence-electron chi connectivity index (χ3n) is 6.64. The minimum absolute atomic E-state index is 0.137. The number of hydrogen-bond donors (Lipinski definition) is 2. The van der Waals surface area contributed by atoms with E-state index >= 15 is 4.39 Å².